The van der Waals surface area contributed by atoms with Gasteiger partial charge in [0.15, 0.2) is 0 Å². The Morgan fingerprint density at radius 2 is 1.86 bits per heavy atom. The van der Waals surface area contributed by atoms with Crippen molar-refractivity contribution in [3.05, 3.63) is 69.8 Å². The number of hydrogen-bond acceptors (Lipinski definition) is 6. The summed E-state index contributed by atoms with van der Waals surface area (Å²) in [6.45, 7) is 0.425. The van der Waals surface area contributed by atoms with Crippen LogP contribution in [0.3, 0.4) is 0 Å². The zero-order chi connectivity index (χ0) is 21.0. The second kappa shape index (κ2) is 8.68. The van der Waals surface area contributed by atoms with E-state index < -0.39 is 10.0 Å². The van der Waals surface area contributed by atoms with Crippen LogP contribution in [0.25, 0.3) is 10.6 Å². The number of amides is 1. The van der Waals surface area contributed by atoms with Gasteiger partial charge < -0.3 is 5.32 Å². The van der Waals surface area contributed by atoms with E-state index in [1.54, 1.807) is 6.07 Å². The van der Waals surface area contributed by atoms with E-state index in [1.807, 2.05) is 17.5 Å². The van der Waals surface area contributed by atoms with Gasteiger partial charge in [-0.15, -0.1) is 11.3 Å². The summed E-state index contributed by atoms with van der Waals surface area (Å²) >= 11 is 1.53. The lowest BCUT2D eigenvalue weighted by Crippen LogP contribution is -2.32. The van der Waals surface area contributed by atoms with Gasteiger partial charge in [-0.05, 0) is 41.8 Å². The number of rotatable bonds is 7. The largest absolute Gasteiger partial charge is 0.350 e. The van der Waals surface area contributed by atoms with Gasteiger partial charge in [-0.2, -0.15) is 5.10 Å². The molecule has 0 fully saturated rings. The lowest BCUT2D eigenvalue weighted by atomic mass is 10.2. The molecule has 0 saturated heterocycles. The Bertz CT molecular complexity index is 1150. The molecule has 0 spiro atoms. The third-order valence-corrected chi connectivity index (χ3v) is 6.87. The summed E-state index contributed by atoms with van der Waals surface area (Å²) in [7, 11) is -0.656. The number of nitrogens with zero attached hydrogens (tertiary/aromatic N) is 3. The highest BCUT2D eigenvalue weighted by molar-refractivity contribution is 7.89. The van der Waals surface area contributed by atoms with Crippen molar-refractivity contribution in [2.45, 2.75) is 11.4 Å². The minimum Gasteiger partial charge on any atom is -0.350 e. The molecule has 0 aliphatic rings. The molecule has 8 nitrogen and oxygen atoms in total. The van der Waals surface area contributed by atoms with E-state index in [2.05, 4.69) is 10.4 Å². The highest BCUT2D eigenvalue weighted by Crippen LogP contribution is 2.21. The molecule has 2 aromatic heterocycles. The van der Waals surface area contributed by atoms with Crippen LogP contribution in [0.2, 0.25) is 0 Å². The van der Waals surface area contributed by atoms with E-state index in [9.17, 15) is 18.0 Å². The molecule has 3 rings (SSSR count). The normalized spacial score (nSPS) is 11.6. The van der Waals surface area contributed by atoms with Crippen molar-refractivity contribution in [1.29, 1.82) is 0 Å². The average Bonchev–Trinajstić information content (AvgIpc) is 3.24. The van der Waals surface area contributed by atoms with E-state index in [4.69, 9.17) is 0 Å². The summed E-state index contributed by atoms with van der Waals surface area (Å²) in [4.78, 5) is 25.4. The molecular weight excluding hydrogens is 412 g/mol. The molecule has 1 amide bonds. The minimum absolute atomic E-state index is 0.111. The van der Waals surface area contributed by atoms with Crippen molar-refractivity contribution in [2.75, 3.05) is 20.6 Å². The van der Waals surface area contributed by atoms with Crippen LogP contribution in [0.15, 0.2) is 63.6 Å². The molecule has 2 heterocycles. The Labute approximate surface area is 172 Å². The van der Waals surface area contributed by atoms with Crippen LogP contribution in [-0.4, -0.2) is 49.1 Å². The second-order valence-corrected chi connectivity index (χ2v) is 9.42. The number of sulfonamides is 1. The van der Waals surface area contributed by atoms with E-state index >= 15 is 0 Å². The summed E-state index contributed by atoms with van der Waals surface area (Å²) in [6.07, 6.45) is 0. The molecule has 1 N–H and O–H groups in total. The van der Waals surface area contributed by atoms with E-state index in [0.717, 1.165) is 9.18 Å². The van der Waals surface area contributed by atoms with Gasteiger partial charge in [-0.3, -0.25) is 9.59 Å². The molecule has 152 valence electrons. The molecule has 0 atom stereocenters. The third-order valence-electron chi connectivity index (χ3n) is 4.14. The van der Waals surface area contributed by atoms with Crippen molar-refractivity contribution in [1.82, 2.24) is 19.4 Å². The predicted molar refractivity (Wildman–Crippen MR) is 111 cm³/mol. The van der Waals surface area contributed by atoms with Crippen molar-refractivity contribution in [3.8, 4) is 10.6 Å². The fraction of sp³-hybridized carbons (Fsp3) is 0.211. The van der Waals surface area contributed by atoms with Gasteiger partial charge in [0, 0.05) is 32.3 Å². The molecule has 1 aromatic carbocycles. The molecule has 10 heteroatoms. The Balaban J connectivity index is 1.63. The van der Waals surface area contributed by atoms with Gasteiger partial charge in [-0.1, -0.05) is 6.07 Å². The number of hydrogen-bond donors (Lipinski definition) is 1. The zero-order valence-electron chi connectivity index (χ0n) is 15.9. The zero-order valence-corrected chi connectivity index (χ0v) is 17.5. The van der Waals surface area contributed by atoms with Crippen LogP contribution in [0, 0.1) is 0 Å². The Kier molecular flexibility index (Phi) is 6.26. The summed E-state index contributed by atoms with van der Waals surface area (Å²) < 4.78 is 26.6. The molecule has 3 aromatic rings. The first kappa shape index (κ1) is 20.9. The van der Waals surface area contributed by atoms with E-state index in [0.29, 0.717) is 11.3 Å². The average molecular weight is 433 g/mol. The van der Waals surface area contributed by atoms with Crippen LogP contribution >= 0.6 is 11.3 Å². The molecule has 0 aliphatic carbocycles. The number of benzene rings is 1. The SMILES string of the molecule is CN(C)S(=O)(=O)c1ccc(C(=O)NCCn2nc(-c3cccs3)ccc2=O)cc1. The predicted octanol–water partition coefficient (Wildman–Crippen LogP) is 1.65. The summed E-state index contributed by atoms with van der Waals surface area (Å²) in [5.74, 6) is -0.360. The van der Waals surface area contributed by atoms with Crippen LogP contribution < -0.4 is 10.9 Å². The van der Waals surface area contributed by atoms with Gasteiger partial charge in [-0.25, -0.2) is 17.4 Å². The minimum atomic E-state index is -3.54. The van der Waals surface area contributed by atoms with Crippen molar-refractivity contribution in [3.63, 3.8) is 0 Å². The molecule has 0 bridgehead atoms. The quantitative estimate of drug-likeness (QED) is 0.612. The van der Waals surface area contributed by atoms with Crippen molar-refractivity contribution in [2.24, 2.45) is 0 Å². The van der Waals surface area contributed by atoms with Crippen molar-refractivity contribution >= 4 is 27.3 Å². The van der Waals surface area contributed by atoms with E-state index in [1.165, 1.54) is 60.4 Å². The molecular formula is C19H20N4O4S2. The summed E-state index contributed by atoms with van der Waals surface area (Å²) in [6, 6.07) is 12.6. The smallest absolute Gasteiger partial charge is 0.266 e. The maximum absolute atomic E-state index is 12.3. The third kappa shape index (κ3) is 4.78. The standard InChI is InChI=1S/C19H20N4O4S2/c1-22(2)29(26,27)15-7-5-14(6-8-15)19(25)20-11-12-23-18(24)10-9-16(21-23)17-4-3-13-28-17/h3-10,13H,11-12H2,1-2H3,(H,20,25). The Hall–Kier alpha value is -2.82. The lowest BCUT2D eigenvalue weighted by Gasteiger charge is -2.12. The van der Waals surface area contributed by atoms with E-state index in [-0.39, 0.29) is 29.5 Å². The lowest BCUT2D eigenvalue weighted by molar-refractivity contribution is 0.0951. The first-order valence-corrected chi connectivity index (χ1v) is 11.0. The molecule has 0 radical (unpaired) electrons. The fourth-order valence-corrected chi connectivity index (χ4v) is 4.12. The monoisotopic (exact) mass is 432 g/mol. The van der Waals surface area contributed by atoms with Crippen LogP contribution in [-0.2, 0) is 16.6 Å². The second-order valence-electron chi connectivity index (χ2n) is 6.32. The molecule has 29 heavy (non-hydrogen) atoms. The van der Waals surface area contributed by atoms with Gasteiger partial charge >= 0.3 is 0 Å². The van der Waals surface area contributed by atoms with Gasteiger partial charge in [0.2, 0.25) is 10.0 Å². The maximum Gasteiger partial charge on any atom is 0.266 e. The Morgan fingerprint density at radius 3 is 2.48 bits per heavy atom. The molecule has 0 saturated carbocycles. The first-order valence-electron chi connectivity index (χ1n) is 8.72. The topological polar surface area (TPSA) is 101 Å². The molecule has 0 unspecified atom stereocenters. The maximum atomic E-state index is 12.3. The Morgan fingerprint density at radius 1 is 1.14 bits per heavy atom. The van der Waals surface area contributed by atoms with Crippen LogP contribution in [0.1, 0.15) is 10.4 Å². The number of nitrogens with one attached hydrogen (secondary N) is 1. The van der Waals surface area contributed by atoms with Crippen LogP contribution in [0.4, 0.5) is 0 Å². The number of carbonyl (C=O) groups is 1. The van der Waals surface area contributed by atoms with Gasteiger partial charge in [0.25, 0.3) is 11.5 Å². The summed E-state index contributed by atoms with van der Waals surface area (Å²) in [5, 5.41) is 8.98. The number of carbonyl (C=O) groups excluding carboxylic acids is 1. The first-order chi connectivity index (χ1) is 13.8. The van der Waals surface area contributed by atoms with Crippen molar-refractivity contribution < 1.29 is 13.2 Å². The highest BCUT2D eigenvalue weighted by Gasteiger charge is 2.17. The fourth-order valence-electron chi connectivity index (χ4n) is 2.53. The highest BCUT2D eigenvalue weighted by atomic mass is 32.2. The summed E-state index contributed by atoms with van der Waals surface area (Å²) in [5.41, 5.74) is 0.775. The molecule has 0 aliphatic heterocycles. The van der Waals surface area contributed by atoms with Gasteiger partial charge in [0.05, 0.1) is 16.3 Å². The van der Waals surface area contributed by atoms with Crippen LogP contribution in [0.5, 0.6) is 0 Å². The number of thiophene rings is 1. The number of aromatic nitrogens is 2. The van der Waals surface area contributed by atoms with Gasteiger partial charge in [0.1, 0.15) is 5.69 Å².